The van der Waals surface area contributed by atoms with Crippen LogP contribution in [-0.2, 0) is 6.18 Å². The zero-order valence-electron chi connectivity index (χ0n) is 10.9. The molecule has 1 aromatic heterocycles. The highest BCUT2D eigenvalue weighted by molar-refractivity contribution is 5.49. The van der Waals surface area contributed by atoms with Crippen LogP contribution in [0.4, 0.5) is 26.3 Å². The highest BCUT2D eigenvalue weighted by Crippen LogP contribution is 2.51. The third kappa shape index (κ3) is 2.31. The number of pyridine rings is 1. The third-order valence-electron chi connectivity index (χ3n) is 3.90. The molecular formula is C13H11F6NO2. The molecule has 1 aromatic rings. The lowest BCUT2D eigenvalue weighted by atomic mass is 9.93. The van der Waals surface area contributed by atoms with Crippen molar-refractivity contribution in [2.45, 2.75) is 49.7 Å². The minimum Gasteiger partial charge on any atom is -0.474 e. The molecule has 122 valence electrons. The van der Waals surface area contributed by atoms with E-state index < -0.39 is 59.5 Å². The molecule has 0 bridgehead atoms. The van der Waals surface area contributed by atoms with E-state index >= 15 is 0 Å². The second kappa shape index (κ2) is 5.00. The van der Waals surface area contributed by atoms with Crippen LogP contribution in [0.3, 0.4) is 0 Å². The van der Waals surface area contributed by atoms with Gasteiger partial charge in [0.2, 0.25) is 5.88 Å². The van der Waals surface area contributed by atoms with Crippen molar-refractivity contribution in [2.75, 3.05) is 0 Å². The number of fused-ring (bicyclic) bond motifs is 1. The Balaban J connectivity index is 2.04. The fourth-order valence-electron chi connectivity index (χ4n) is 2.66. The van der Waals surface area contributed by atoms with E-state index in [1.807, 2.05) is 0 Å². The number of nitrogens with zero attached hydrogens (tertiary/aromatic N) is 1. The van der Waals surface area contributed by atoms with Crippen LogP contribution < -0.4 is 4.74 Å². The maximum atomic E-state index is 13.9. The average molecular weight is 327 g/mol. The Morgan fingerprint density at radius 3 is 2.32 bits per heavy atom. The van der Waals surface area contributed by atoms with Crippen LogP contribution in [0.25, 0.3) is 0 Å². The summed E-state index contributed by atoms with van der Waals surface area (Å²) >= 11 is 0. The lowest BCUT2D eigenvalue weighted by Gasteiger charge is -2.30. The Labute approximate surface area is 120 Å². The van der Waals surface area contributed by atoms with Gasteiger partial charge in [0, 0.05) is 24.6 Å². The van der Waals surface area contributed by atoms with Crippen molar-refractivity contribution in [2.24, 2.45) is 0 Å². The maximum Gasteiger partial charge on any atom is 0.418 e. The van der Waals surface area contributed by atoms with Crippen LogP contribution in [0, 0.1) is 0 Å². The van der Waals surface area contributed by atoms with E-state index in [0.717, 1.165) is 0 Å². The second-order valence-corrected chi connectivity index (χ2v) is 5.40. The summed E-state index contributed by atoms with van der Waals surface area (Å²) < 4.78 is 84.2. The molecule has 2 aliphatic rings. The van der Waals surface area contributed by atoms with Gasteiger partial charge in [0.25, 0.3) is 0 Å². The Morgan fingerprint density at radius 1 is 1.14 bits per heavy atom. The molecule has 1 fully saturated rings. The Bertz CT molecular complexity index is 587. The highest BCUT2D eigenvalue weighted by Gasteiger charge is 2.50. The zero-order chi connectivity index (χ0) is 16.2. The van der Waals surface area contributed by atoms with Gasteiger partial charge in [-0.25, -0.2) is 18.2 Å². The van der Waals surface area contributed by atoms with Gasteiger partial charge in [-0.2, -0.15) is 13.2 Å². The molecule has 0 spiro atoms. The van der Waals surface area contributed by atoms with Gasteiger partial charge in [-0.3, -0.25) is 0 Å². The lowest BCUT2D eigenvalue weighted by molar-refractivity contribution is -0.139. The summed E-state index contributed by atoms with van der Waals surface area (Å²) in [5.74, 6) is -0.522. The van der Waals surface area contributed by atoms with Crippen molar-refractivity contribution in [3.63, 3.8) is 0 Å². The number of ether oxygens (including phenoxy) is 1. The molecule has 1 N–H and O–H groups in total. The predicted octanol–water partition coefficient (Wildman–Crippen LogP) is 3.38. The van der Waals surface area contributed by atoms with Crippen molar-refractivity contribution >= 4 is 0 Å². The smallest absolute Gasteiger partial charge is 0.418 e. The Hall–Kier alpha value is -1.51. The minimum atomic E-state index is -4.92. The Morgan fingerprint density at radius 2 is 1.77 bits per heavy atom. The number of aliphatic hydroxyl groups excluding tert-OH is 1. The molecule has 22 heavy (non-hydrogen) atoms. The number of rotatable bonds is 2. The molecule has 3 nitrogen and oxygen atoms in total. The van der Waals surface area contributed by atoms with Crippen molar-refractivity contribution in [1.29, 1.82) is 0 Å². The van der Waals surface area contributed by atoms with E-state index in [9.17, 15) is 31.4 Å². The number of alkyl halides is 6. The molecule has 1 saturated carbocycles. The first kappa shape index (κ1) is 15.4. The monoisotopic (exact) mass is 327 g/mol. The van der Waals surface area contributed by atoms with Gasteiger partial charge in [-0.05, 0) is 0 Å². The van der Waals surface area contributed by atoms with Crippen molar-refractivity contribution in [3.05, 3.63) is 22.9 Å². The number of hydrogen-bond donors (Lipinski definition) is 1. The third-order valence-corrected chi connectivity index (χ3v) is 3.90. The first-order valence-electron chi connectivity index (χ1n) is 6.57. The molecule has 9 heteroatoms. The summed E-state index contributed by atoms with van der Waals surface area (Å²) in [4.78, 5) is 3.40. The fourth-order valence-corrected chi connectivity index (χ4v) is 2.66. The largest absolute Gasteiger partial charge is 0.474 e. The van der Waals surface area contributed by atoms with Gasteiger partial charge < -0.3 is 9.84 Å². The molecular weight excluding hydrogens is 316 g/mol. The number of aromatic nitrogens is 1. The van der Waals surface area contributed by atoms with Crippen LogP contribution in [0.5, 0.6) is 5.88 Å². The summed E-state index contributed by atoms with van der Waals surface area (Å²) in [6.07, 6.45) is -13.5. The molecule has 0 amide bonds. The van der Waals surface area contributed by atoms with Crippen LogP contribution in [0.15, 0.2) is 6.20 Å². The molecule has 0 unspecified atom stereocenters. The SMILES string of the molecule is O[C@H]1c2c(C(F)(F)F)cnc(OC3CC(F)C3)c2[C@@H](F)[C@H]1F. The topological polar surface area (TPSA) is 42.4 Å². The van der Waals surface area contributed by atoms with E-state index in [1.165, 1.54) is 0 Å². The molecule has 1 heterocycles. The molecule has 0 aromatic carbocycles. The lowest BCUT2D eigenvalue weighted by Crippen LogP contribution is -2.35. The molecule has 2 aliphatic carbocycles. The van der Waals surface area contributed by atoms with Gasteiger partial charge in [-0.15, -0.1) is 0 Å². The number of aliphatic hydroxyl groups is 1. The molecule has 0 aliphatic heterocycles. The quantitative estimate of drug-likeness (QED) is 0.847. The van der Waals surface area contributed by atoms with Crippen LogP contribution >= 0.6 is 0 Å². The van der Waals surface area contributed by atoms with E-state index in [2.05, 4.69) is 4.98 Å². The van der Waals surface area contributed by atoms with E-state index in [-0.39, 0.29) is 12.8 Å². The van der Waals surface area contributed by atoms with E-state index in [4.69, 9.17) is 4.74 Å². The van der Waals surface area contributed by atoms with Crippen molar-refractivity contribution < 1.29 is 36.2 Å². The van der Waals surface area contributed by atoms with Gasteiger partial charge in [-0.1, -0.05) is 0 Å². The molecule has 0 saturated heterocycles. The normalized spacial score (nSPS) is 34.2. The average Bonchev–Trinajstić information content (AvgIpc) is 2.62. The van der Waals surface area contributed by atoms with Crippen LogP contribution in [0.1, 0.15) is 41.8 Å². The molecule has 0 radical (unpaired) electrons. The first-order chi connectivity index (χ1) is 10.2. The maximum absolute atomic E-state index is 13.9. The second-order valence-electron chi connectivity index (χ2n) is 5.40. The van der Waals surface area contributed by atoms with Gasteiger partial charge in [0.05, 0.1) is 11.1 Å². The first-order valence-corrected chi connectivity index (χ1v) is 6.57. The number of hydrogen-bond acceptors (Lipinski definition) is 3. The van der Waals surface area contributed by atoms with E-state index in [1.54, 1.807) is 0 Å². The van der Waals surface area contributed by atoms with Crippen LogP contribution in [0.2, 0.25) is 0 Å². The van der Waals surface area contributed by atoms with E-state index in [0.29, 0.717) is 6.20 Å². The van der Waals surface area contributed by atoms with Crippen LogP contribution in [-0.4, -0.2) is 28.5 Å². The van der Waals surface area contributed by atoms with Gasteiger partial charge >= 0.3 is 6.18 Å². The summed E-state index contributed by atoms with van der Waals surface area (Å²) in [6, 6.07) is 0. The van der Waals surface area contributed by atoms with Crippen molar-refractivity contribution in [3.8, 4) is 5.88 Å². The fraction of sp³-hybridized carbons (Fsp3) is 0.615. The van der Waals surface area contributed by atoms with Gasteiger partial charge in [0.1, 0.15) is 18.4 Å². The van der Waals surface area contributed by atoms with Crippen molar-refractivity contribution in [1.82, 2.24) is 4.98 Å². The Kier molecular flexibility index (Phi) is 3.50. The highest BCUT2D eigenvalue weighted by atomic mass is 19.4. The summed E-state index contributed by atoms with van der Waals surface area (Å²) in [6.45, 7) is 0. The standard InChI is InChI=1S/C13H11F6NO2/c14-4-1-5(2-4)22-12-8-7(11(21)10(16)9(8)15)6(3-20-12)13(17,18)19/h3-5,9-11,21H,1-2H2/t4?,5?,9-,10-,11+/m1/s1. The predicted molar refractivity (Wildman–Crippen MR) is 61.5 cm³/mol. The summed E-state index contributed by atoms with van der Waals surface area (Å²) in [7, 11) is 0. The minimum absolute atomic E-state index is 0.00996. The molecule has 3 atom stereocenters. The summed E-state index contributed by atoms with van der Waals surface area (Å²) in [5, 5.41) is 9.58. The molecule has 3 rings (SSSR count). The zero-order valence-corrected chi connectivity index (χ0v) is 10.9. The number of halogens is 6. The van der Waals surface area contributed by atoms with Gasteiger partial charge in [0.15, 0.2) is 12.3 Å². The summed E-state index contributed by atoms with van der Waals surface area (Å²) in [5.41, 5.74) is -3.03.